The molecule has 0 aliphatic rings. The van der Waals surface area contributed by atoms with E-state index in [1.54, 1.807) is 59.3 Å². The van der Waals surface area contributed by atoms with Gasteiger partial charge in [-0.25, -0.2) is 19.0 Å². The second-order valence-electron chi connectivity index (χ2n) is 5.66. The van der Waals surface area contributed by atoms with E-state index in [2.05, 4.69) is 10.5 Å². The number of hydrogen-bond donors (Lipinski definition) is 3. The van der Waals surface area contributed by atoms with Gasteiger partial charge in [0.15, 0.2) is 0 Å². The van der Waals surface area contributed by atoms with Gasteiger partial charge in [-0.1, -0.05) is 0 Å². The largest absolute Gasteiger partial charge is 0.399 e. The van der Waals surface area contributed by atoms with Gasteiger partial charge in [-0.15, -0.1) is 0 Å². The van der Waals surface area contributed by atoms with Crippen LogP contribution in [0.1, 0.15) is 16.1 Å². The number of nitrogens with zero attached hydrogens (tertiary/aromatic N) is 2. The van der Waals surface area contributed by atoms with Crippen molar-refractivity contribution in [2.45, 2.75) is 4.90 Å². The molecule has 27 heavy (non-hydrogen) atoms. The topological polar surface area (TPSA) is 133 Å². The Bertz CT molecular complexity index is 1080. The van der Waals surface area contributed by atoms with Crippen molar-refractivity contribution in [1.29, 1.82) is 0 Å². The first-order chi connectivity index (χ1) is 12.8. The summed E-state index contributed by atoms with van der Waals surface area (Å²) in [5.74, 6) is -0.359. The zero-order valence-electron chi connectivity index (χ0n) is 14.1. The lowest BCUT2D eigenvalue weighted by molar-refractivity contribution is 0.0955. The van der Waals surface area contributed by atoms with E-state index in [0.29, 0.717) is 16.9 Å². The van der Waals surface area contributed by atoms with Gasteiger partial charge in [-0.3, -0.25) is 4.79 Å². The minimum Gasteiger partial charge on any atom is -0.399 e. The van der Waals surface area contributed by atoms with Crippen LogP contribution in [-0.2, 0) is 10.0 Å². The molecule has 9 heteroatoms. The third-order valence-corrected chi connectivity index (χ3v) is 4.69. The molecule has 1 heterocycles. The normalized spacial score (nSPS) is 11.6. The van der Waals surface area contributed by atoms with Crippen molar-refractivity contribution in [2.75, 3.05) is 5.73 Å². The van der Waals surface area contributed by atoms with Crippen LogP contribution in [0.15, 0.2) is 76.9 Å². The monoisotopic (exact) mass is 383 g/mol. The number of hydrazone groups is 1. The number of primary sulfonamides is 1. The smallest absolute Gasteiger partial charge is 0.271 e. The van der Waals surface area contributed by atoms with Gasteiger partial charge < -0.3 is 10.3 Å². The molecule has 0 aliphatic heterocycles. The molecule has 2 aromatic carbocycles. The molecule has 0 fully saturated rings. The van der Waals surface area contributed by atoms with Crippen LogP contribution in [0.25, 0.3) is 5.69 Å². The zero-order valence-corrected chi connectivity index (χ0v) is 14.9. The van der Waals surface area contributed by atoms with Gasteiger partial charge in [-0.2, -0.15) is 5.10 Å². The Hall–Kier alpha value is -3.43. The molecule has 0 bridgehead atoms. The highest BCUT2D eigenvalue weighted by molar-refractivity contribution is 7.89. The van der Waals surface area contributed by atoms with Crippen molar-refractivity contribution in [3.8, 4) is 5.69 Å². The van der Waals surface area contributed by atoms with E-state index in [-0.39, 0.29) is 10.8 Å². The van der Waals surface area contributed by atoms with E-state index in [1.807, 2.05) is 0 Å². The molecule has 0 radical (unpaired) electrons. The predicted octanol–water partition coefficient (Wildman–Crippen LogP) is 1.47. The summed E-state index contributed by atoms with van der Waals surface area (Å²) in [7, 11) is -3.74. The highest BCUT2D eigenvalue weighted by Crippen LogP contribution is 2.15. The van der Waals surface area contributed by atoms with Crippen molar-refractivity contribution in [1.82, 2.24) is 9.99 Å². The fourth-order valence-electron chi connectivity index (χ4n) is 2.39. The highest BCUT2D eigenvalue weighted by Gasteiger charge is 2.08. The number of carbonyl (C=O) groups excluding carboxylic acids is 1. The Balaban J connectivity index is 1.74. The first kappa shape index (κ1) is 18.4. The molecule has 0 unspecified atom stereocenters. The minimum absolute atomic E-state index is 0.0318. The molecule has 8 nitrogen and oxygen atoms in total. The summed E-state index contributed by atoms with van der Waals surface area (Å²) in [5, 5.41) is 9.07. The number of hydrogen-bond acceptors (Lipinski definition) is 5. The first-order valence-corrected chi connectivity index (χ1v) is 9.39. The Morgan fingerprint density at radius 2 is 1.70 bits per heavy atom. The summed E-state index contributed by atoms with van der Waals surface area (Å²) in [6.45, 7) is 0. The van der Waals surface area contributed by atoms with Gasteiger partial charge in [0, 0.05) is 23.1 Å². The fraction of sp³-hybridized carbons (Fsp3) is 0. The Labute approximate surface area is 156 Å². The molecule has 0 atom stereocenters. The molecule has 3 rings (SSSR count). The Morgan fingerprint density at radius 1 is 1.04 bits per heavy atom. The zero-order chi connectivity index (χ0) is 19.4. The number of aromatic nitrogens is 1. The van der Waals surface area contributed by atoms with E-state index < -0.39 is 10.0 Å². The van der Waals surface area contributed by atoms with Gasteiger partial charge in [0.25, 0.3) is 5.91 Å². The maximum absolute atomic E-state index is 12.0. The minimum atomic E-state index is -3.74. The van der Waals surface area contributed by atoms with Crippen LogP contribution in [0, 0.1) is 0 Å². The molecule has 0 aliphatic carbocycles. The molecule has 0 spiro atoms. The molecule has 3 aromatic rings. The number of carbonyl (C=O) groups is 1. The summed E-state index contributed by atoms with van der Waals surface area (Å²) >= 11 is 0. The number of sulfonamides is 1. The number of anilines is 1. The molecule has 5 N–H and O–H groups in total. The lowest BCUT2D eigenvalue weighted by atomic mass is 10.2. The van der Waals surface area contributed by atoms with Gasteiger partial charge in [0.1, 0.15) is 0 Å². The van der Waals surface area contributed by atoms with E-state index in [9.17, 15) is 13.2 Å². The van der Waals surface area contributed by atoms with Crippen LogP contribution in [0.3, 0.4) is 0 Å². The average molecular weight is 383 g/mol. The van der Waals surface area contributed by atoms with Crippen molar-refractivity contribution in [3.05, 3.63) is 78.1 Å². The van der Waals surface area contributed by atoms with Crippen molar-refractivity contribution >= 4 is 27.8 Å². The number of nitrogens with one attached hydrogen (secondary N) is 1. The van der Waals surface area contributed by atoms with Gasteiger partial charge in [0.2, 0.25) is 10.0 Å². The summed E-state index contributed by atoms with van der Waals surface area (Å²) in [4.78, 5) is 12.1. The van der Waals surface area contributed by atoms with Crippen LogP contribution >= 0.6 is 0 Å². The molecule has 0 saturated carbocycles. The number of rotatable bonds is 5. The summed E-state index contributed by atoms with van der Waals surface area (Å²) in [5.41, 5.74) is 10.5. The van der Waals surface area contributed by atoms with E-state index >= 15 is 0 Å². The number of nitrogens with two attached hydrogens (primary N) is 2. The SMILES string of the molecule is Nc1ccc(C(=O)NN=Cc2cccn2-c2ccc(S(N)(=O)=O)cc2)cc1. The third kappa shape index (κ3) is 4.40. The van der Waals surface area contributed by atoms with Crippen LogP contribution in [0.5, 0.6) is 0 Å². The van der Waals surface area contributed by atoms with Gasteiger partial charge in [0.05, 0.1) is 16.8 Å². The second-order valence-corrected chi connectivity index (χ2v) is 7.22. The van der Waals surface area contributed by atoms with Gasteiger partial charge >= 0.3 is 0 Å². The maximum Gasteiger partial charge on any atom is 0.271 e. The van der Waals surface area contributed by atoms with Gasteiger partial charge in [-0.05, 0) is 60.7 Å². The number of amides is 1. The lowest BCUT2D eigenvalue weighted by Gasteiger charge is -2.07. The van der Waals surface area contributed by atoms with Crippen molar-refractivity contribution in [3.63, 3.8) is 0 Å². The highest BCUT2D eigenvalue weighted by atomic mass is 32.2. The summed E-state index contributed by atoms with van der Waals surface area (Å²) in [6.07, 6.45) is 3.28. The van der Waals surface area contributed by atoms with E-state index in [4.69, 9.17) is 10.9 Å². The van der Waals surface area contributed by atoms with Crippen LogP contribution in [0.4, 0.5) is 5.69 Å². The number of nitrogen functional groups attached to an aromatic ring is 1. The second kappa shape index (κ2) is 7.44. The Morgan fingerprint density at radius 3 is 2.33 bits per heavy atom. The lowest BCUT2D eigenvalue weighted by Crippen LogP contribution is -2.17. The van der Waals surface area contributed by atoms with E-state index in [0.717, 1.165) is 5.69 Å². The quantitative estimate of drug-likeness (QED) is 0.349. The standard InChI is InChI=1S/C18H17N5O3S/c19-14-5-3-13(4-6-14)18(24)22-21-12-16-2-1-11-23(16)15-7-9-17(10-8-15)27(20,25)26/h1-12H,19H2,(H,22,24)(H2,20,25,26). The molecule has 1 aromatic heterocycles. The molecule has 138 valence electrons. The van der Waals surface area contributed by atoms with Crippen LogP contribution in [-0.4, -0.2) is 25.1 Å². The average Bonchev–Trinajstić information content (AvgIpc) is 3.10. The summed E-state index contributed by atoms with van der Waals surface area (Å²) < 4.78 is 24.5. The van der Waals surface area contributed by atoms with Crippen LogP contribution in [0.2, 0.25) is 0 Å². The van der Waals surface area contributed by atoms with E-state index in [1.165, 1.54) is 18.3 Å². The first-order valence-electron chi connectivity index (χ1n) is 7.84. The molecular weight excluding hydrogens is 366 g/mol. The van der Waals surface area contributed by atoms with Crippen molar-refractivity contribution in [2.24, 2.45) is 10.2 Å². The van der Waals surface area contributed by atoms with Crippen LogP contribution < -0.4 is 16.3 Å². The molecular formula is C18H17N5O3S. The third-order valence-electron chi connectivity index (χ3n) is 3.76. The molecule has 1 amide bonds. The summed E-state index contributed by atoms with van der Waals surface area (Å²) in [6, 6.07) is 16.2. The molecule has 0 saturated heterocycles. The fourth-order valence-corrected chi connectivity index (χ4v) is 2.90. The maximum atomic E-state index is 12.0. The predicted molar refractivity (Wildman–Crippen MR) is 103 cm³/mol. The number of benzene rings is 2. The Kier molecular flexibility index (Phi) is 5.06. The van der Waals surface area contributed by atoms with Crippen molar-refractivity contribution < 1.29 is 13.2 Å².